The van der Waals surface area contributed by atoms with Gasteiger partial charge in [-0.15, -0.1) is 5.10 Å². The van der Waals surface area contributed by atoms with Crippen LogP contribution in [0.15, 0.2) is 18.3 Å². The lowest BCUT2D eigenvalue weighted by Crippen LogP contribution is -2.13. The van der Waals surface area contributed by atoms with Crippen molar-refractivity contribution in [2.45, 2.75) is 53.0 Å². The molecule has 0 saturated heterocycles. The summed E-state index contributed by atoms with van der Waals surface area (Å²) in [6.45, 7) is 11.9. The Kier molecular flexibility index (Phi) is 4.87. The summed E-state index contributed by atoms with van der Waals surface area (Å²) in [4.78, 5) is 0. The number of hydrogen-bond donors (Lipinski definition) is 0. The molecular weight excluding hydrogens is 326 g/mol. The molecule has 114 valence electrons. The number of benzene rings is 1. The van der Waals surface area contributed by atoms with Crippen LogP contribution in [0.2, 0.25) is 0 Å². The van der Waals surface area contributed by atoms with E-state index in [1.165, 1.54) is 22.3 Å². The lowest BCUT2D eigenvalue weighted by molar-refractivity contribution is 0.587. The van der Waals surface area contributed by atoms with Gasteiger partial charge in [0.05, 0.1) is 12.2 Å². The van der Waals surface area contributed by atoms with E-state index >= 15 is 0 Å². The molecule has 3 nitrogen and oxygen atoms in total. The lowest BCUT2D eigenvalue weighted by Gasteiger charge is -2.22. The zero-order valence-corrected chi connectivity index (χ0v) is 15.2. The maximum Gasteiger partial charge on any atom is 0.0835 e. The van der Waals surface area contributed by atoms with Crippen LogP contribution in [-0.4, -0.2) is 20.3 Å². The van der Waals surface area contributed by atoms with Gasteiger partial charge in [0.15, 0.2) is 0 Å². The molecule has 2 rings (SSSR count). The number of halogens is 1. The van der Waals surface area contributed by atoms with E-state index in [1.54, 1.807) is 0 Å². The van der Waals surface area contributed by atoms with Crippen LogP contribution in [0.5, 0.6) is 0 Å². The summed E-state index contributed by atoms with van der Waals surface area (Å²) in [5, 5.41) is 9.35. The van der Waals surface area contributed by atoms with Crippen LogP contribution in [0.25, 0.3) is 0 Å². The zero-order chi connectivity index (χ0) is 15.6. The average molecular weight is 350 g/mol. The minimum Gasteiger partial charge on any atom is -0.248 e. The van der Waals surface area contributed by atoms with Crippen LogP contribution in [-0.2, 0) is 18.4 Å². The highest BCUT2D eigenvalue weighted by Gasteiger charge is 2.16. The first-order valence-electron chi connectivity index (χ1n) is 7.37. The summed E-state index contributed by atoms with van der Waals surface area (Å²) in [7, 11) is 0. The highest BCUT2D eigenvalue weighted by atomic mass is 79.9. The monoisotopic (exact) mass is 349 g/mol. The zero-order valence-electron chi connectivity index (χ0n) is 13.6. The summed E-state index contributed by atoms with van der Waals surface area (Å²) in [6.07, 6.45) is 2.96. The molecule has 0 fully saturated rings. The van der Waals surface area contributed by atoms with E-state index in [0.717, 1.165) is 24.0 Å². The fourth-order valence-corrected chi connectivity index (χ4v) is 2.87. The summed E-state index contributed by atoms with van der Waals surface area (Å²) in [5.41, 5.74) is 6.62. The van der Waals surface area contributed by atoms with Crippen molar-refractivity contribution < 1.29 is 0 Å². The molecule has 2 aromatic rings. The molecule has 0 unspecified atom stereocenters. The van der Waals surface area contributed by atoms with Crippen LogP contribution < -0.4 is 0 Å². The second-order valence-electron chi connectivity index (χ2n) is 6.69. The van der Waals surface area contributed by atoms with Crippen molar-refractivity contribution in [1.29, 1.82) is 0 Å². The lowest BCUT2D eigenvalue weighted by atomic mass is 9.84. The molecule has 21 heavy (non-hydrogen) atoms. The topological polar surface area (TPSA) is 30.7 Å². The molecule has 0 aliphatic carbocycles. The van der Waals surface area contributed by atoms with Gasteiger partial charge in [0.25, 0.3) is 0 Å². The number of nitrogens with zero attached hydrogens (tertiary/aromatic N) is 3. The standard InChI is InChI=1S/C17H24BrN3/c1-12-8-14(17(3,4)5)9-13(2)16(12)11-21-10-15(6-7-18)19-20-21/h8-10H,6-7,11H2,1-5H3. The maximum atomic E-state index is 4.23. The SMILES string of the molecule is Cc1cc(C(C)(C)C)cc(C)c1Cn1cc(CCBr)nn1. The minimum atomic E-state index is 0.185. The normalized spacial score (nSPS) is 11.9. The van der Waals surface area contributed by atoms with Gasteiger partial charge in [-0.3, -0.25) is 0 Å². The number of aryl methyl sites for hydroxylation is 3. The Balaban J connectivity index is 2.27. The molecule has 0 amide bonds. The van der Waals surface area contributed by atoms with E-state index in [-0.39, 0.29) is 5.41 Å². The fraction of sp³-hybridized carbons (Fsp3) is 0.529. The van der Waals surface area contributed by atoms with E-state index in [0.29, 0.717) is 0 Å². The number of alkyl halides is 1. The molecular formula is C17H24BrN3. The molecule has 1 heterocycles. The molecule has 4 heteroatoms. The molecule has 1 aromatic carbocycles. The molecule has 0 radical (unpaired) electrons. The first kappa shape index (κ1) is 16.2. The van der Waals surface area contributed by atoms with E-state index in [2.05, 4.69) is 73.0 Å². The Morgan fingerprint density at radius 2 is 1.76 bits per heavy atom. The Bertz CT molecular complexity index is 600. The smallest absolute Gasteiger partial charge is 0.0835 e. The van der Waals surface area contributed by atoms with E-state index in [9.17, 15) is 0 Å². The van der Waals surface area contributed by atoms with E-state index < -0.39 is 0 Å². The Morgan fingerprint density at radius 3 is 2.29 bits per heavy atom. The van der Waals surface area contributed by atoms with Crippen molar-refractivity contribution in [3.8, 4) is 0 Å². The molecule has 0 atom stereocenters. The summed E-state index contributed by atoms with van der Waals surface area (Å²) in [6, 6.07) is 4.61. The van der Waals surface area contributed by atoms with Crippen LogP contribution in [0, 0.1) is 13.8 Å². The van der Waals surface area contributed by atoms with Crippen molar-refractivity contribution in [2.75, 3.05) is 5.33 Å². The minimum absolute atomic E-state index is 0.185. The van der Waals surface area contributed by atoms with Gasteiger partial charge in [-0.2, -0.15) is 0 Å². The molecule has 0 N–H and O–H groups in total. The van der Waals surface area contributed by atoms with E-state index in [4.69, 9.17) is 0 Å². The first-order valence-corrected chi connectivity index (χ1v) is 8.49. The first-order chi connectivity index (χ1) is 9.81. The Morgan fingerprint density at radius 1 is 1.14 bits per heavy atom. The van der Waals surface area contributed by atoms with Gasteiger partial charge in [0.1, 0.15) is 0 Å². The fourth-order valence-electron chi connectivity index (χ4n) is 2.46. The molecule has 0 spiro atoms. The molecule has 0 saturated carbocycles. The van der Waals surface area contributed by atoms with Crippen LogP contribution in [0.3, 0.4) is 0 Å². The second kappa shape index (κ2) is 6.30. The van der Waals surface area contributed by atoms with Gasteiger partial charge in [0, 0.05) is 17.9 Å². The molecule has 1 aromatic heterocycles. The van der Waals surface area contributed by atoms with Crippen molar-refractivity contribution in [1.82, 2.24) is 15.0 Å². The number of hydrogen-bond acceptors (Lipinski definition) is 2. The molecule has 0 aliphatic heterocycles. The van der Waals surface area contributed by atoms with Gasteiger partial charge < -0.3 is 0 Å². The third kappa shape index (κ3) is 3.94. The van der Waals surface area contributed by atoms with Crippen LogP contribution in [0.4, 0.5) is 0 Å². The third-order valence-corrected chi connectivity index (χ3v) is 4.22. The van der Waals surface area contributed by atoms with Gasteiger partial charge in [-0.25, -0.2) is 4.68 Å². The Labute approximate surface area is 135 Å². The summed E-state index contributed by atoms with van der Waals surface area (Å²) in [5.74, 6) is 0. The summed E-state index contributed by atoms with van der Waals surface area (Å²) >= 11 is 3.43. The van der Waals surface area contributed by atoms with E-state index in [1.807, 2.05) is 10.9 Å². The predicted octanol–water partition coefficient (Wildman–Crippen LogP) is 4.18. The van der Waals surface area contributed by atoms with Gasteiger partial charge in [-0.1, -0.05) is 54.0 Å². The van der Waals surface area contributed by atoms with Crippen molar-refractivity contribution in [3.63, 3.8) is 0 Å². The highest BCUT2D eigenvalue weighted by molar-refractivity contribution is 9.09. The second-order valence-corrected chi connectivity index (χ2v) is 7.48. The quantitative estimate of drug-likeness (QED) is 0.775. The predicted molar refractivity (Wildman–Crippen MR) is 91.2 cm³/mol. The summed E-state index contributed by atoms with van der Waals surface area (Å²) < 4.78 is 1.93. The van der Waals surface area contributed by atoms with Crippen molar-refractivity contribution in [3.05, 3.63) is 46.3 Å². The third-order valence-electron chi connectivity index (χ3n) is 3.82. The average Bonchev–Trinajstić information content (AvgIpc) is 2.80. The largest absolute Gasteiger partial charge is 0.248 e. The van der Waals surface area contributed by atoms with Crippen LogP contribution in [0.1, 0.15) is 48.7 Å². The van der Waals surface area contributed by atoms with Gasteiger partial charge >= 0.3 is 0 Å². The highest BCUT2D eigenvalue weighted by Crippen LogP contribution is 2.27. The van der Waals surface area contributed by atoms with Gasteiger partial charge in [-0.05, 0) is 41.5 Å². The molecule has 0 bridgehead atoms. The maximum absolute atomic E-state index is 4.23. The number of rotatable bonds is 4. The van der Waals surface area contributed by atoms with Crippen LogP contribution >= 0.6 is 15.9 Å². The number of aromatic nitrogens is 3. The van der Waals surface area contributed by atoms with Crippen molar-refractivity contribution >= 4 is 15.9 Å². The molecule has 0 aliphatic rings. The van der Waals surface area contributed by atoms with Crippen molar-refractivity contribution in [2.24, 2.45) is 0 Å². The van der Waals surface area contributed by atoms with Gasteiger partial charge in [0.2, 0.25) is 0 Å². The Hall–Kier alpha value is -1.16.